The van der Waals surface area contributed by atoms with Crippen LogP contribution in [-0.4, -0.2) is 31.5 Å². The SMILES string of the molecule is CCNCC.CO.O=C=O. The first-order valence-electron chi connectivity index (χ1n) is 2.98. The van der Waals surface area contributed by atoms with Gasteiger partial charge in [0.15, 0.2) is 0 Å². The number of aliphatic hydroxyl groups is 1. The average Bonchev–Trinajstić information content (AvgIpc) is 1.96. The van der Waals surface area contributed by atoms with Gasteiger partial charge in [0.25, 0.3) is 0 Å². The van der Waals surface area contributed by atoms with Crippen molar-refractivity contribution >= 4 is 6.15 Å². The Balaban J connectivity index is -0.0000000847. The van der Waals surface area contributed by atoms with Crippen LogP contribution in [0.1, 0.15) is 13.8 Å². The molecule has 2 N–H and O–H groups in total. The van der Waals surface area contributed by atoms with Crippen LogP contribution in [0.3, 0.4) is 0 Å². The summed E-state index contributed by atoms with van der Waals surface area (Å²) in [6.45, 7) is 6.39. The van der Waals surface area contributed by atoms with Crippen molar-refractivity contribution in [3.63, 3.8) is 0 Å². The van der Waals surface area contributed by atoms with E-state index >= 15 is 0 Å². The Labute approximate surface area is 61.2 Å². The third kappa shape index (κ3) is 171. The van der Waals surface area contributed by atoms with E-state index in [4.69, 9.17) is 14.7 Å². The molecule has 0 spiro atoms. The lowest BCUT2D eigenvalue weighted by Gasteiger charge is -1.86. The van der Waals surface area contributed by atoms with Gasteiger partial charge >= 0.3 is 6.15 Å². The van der Waals surface area contributed by atoms with Gasteiger partial charge in [0.05, 0.1) is 0 Å². The minimum absolute atomic E-state index is 0.250. The van der Waals surface area contributed by atoms with E-state index in [0.29, 0.717) is 0 Å². The molecule has 0 unspecified atom stereocenters. The second-order valence-corrected chi connectivity index (χ2v) is 1.04. The van der Waals surface area contributed by atoms with E-state index in [2.05, 4.69) is 19.2 Å². The van der Waals surface area contributed by atoms with E-state index in [1.54, 1.807) is 0 Å². The molecule has 4 nitrogen and oxygen atoms in total. The maximum Gasteiger partial charge on any atom is 0.373 e. The third-order valence-electron chi connectivity index (χ3n) is 0.500. The molecular formula is C6H15NO3. The van der Waals surface area contributed by atoms with Crippen molar-refractivity contribution in [1.29, 1.82) is 0 Å². The Morgan fingerprint density at radius 3 is 1.40 bits per heavy atom. The molecule has 0 aliphatic rings. The van der Waals surface area contributed by atoms with Crippen molar-refractivity contribution < 1.29 is 14.7 Å². The molecule has 0 rings (SSSR count). The largest absolute Gasteiger partial charge is 0.400 e. The summed E-state index contributed by atoms with van der Waals surface area (Å²) < 4.78 is 0. The van der Waals surface area contributed by atoms with Crippen LogP contribution in [0.2, 0.25) is 0 Å². The molecule has 0 saturated carbocycles. The smallest absolute Gasteiger partial charge is 0.373 e. The molecule has 62 valence electrons. The van der Waals surface area contributed by atoms with Gasteiger partial charge in [0, 0.05) is 7.11 Å². The van der Waals surface area contributed by atoms with E-state index in [1.807, 2.05) is 0 Å². The standard InChI is InChI=1S/C4H11N.CO2.CH4O/c1-3-5-4-2;2-1-3;1-2/h5H,3-4H2,1-2H3;;2H,1H3. The predicted octanol–water partition coefficient (Wildman–Crippen LogP) is -0.359. The molecule has 0 fully saturated rings. The lowest BCUT2D eigenvalue weighted by atomic mass is 10.7. The molecule has 10 heavy (non-hydrogen) atoms. The molecule has 0 aromatic rings. The van der Waals surface area contributed by atoms with Gasteiger partial charge in [-0.3, -0.25) is 0 Å². The van der Waals surface area contributed by atoms with Crippen LogP contribution in [0.4, 0.5) is 0 Å². The molecule has 0 aromatic carbocycles. The van der Waals surface area contributed by atoms with E-state index in [-0.39, 0.29) is 6.15 Å². The first-order valence-corrected chi connectivity index (χ1v) is 2.98. The first-order chi connectivity index (χ1) is 4.83. The van der Waals surface area contributed by atoms with Crippen molar-refractivity contribution in [3.8, 4) is 0 Å². The highest BCUT2D eigenvalue weighted by Crippen LogP contribution is 1.47. The minimum Gasteiger partial charge on any atom is -0.400 e. The Hall–Kier alpha value is -0.700. The number of hydrogen-bond donors (Lipinski definition) is 2. The highest BCUT2D eigenvalue weighted by atomic mass is 16.2. The lowest BCUT2D eigenvalue weighted by molar-refractivity contribution is -0.191. The summed E-state index contributed by atoms with van der Waals surface area (Å²) in [7, 11) is 1.00. The Morgan fingerprint density at radius 2 is 1.40 bits per heavy atom. The Morgan fingerprint density at radius 1 is 1.20 bits per heavy atom. The van der Waals surface area contributed by atoms with Crippen LogP contribution in [0.15, 0.2) is 0 Å². The number of carbonyl (C=O) groups excluding carboxylic acids is 2. The van der Waals surface area contributed by atoms with Gasteiger partial charge in [0.1, 0.15) is 0 Å². The number of nitrogens with one attached hydrogen (secondary N) is 1. The van der Waals surface area contributed by atoms with Gasteiger partial charge in [0.2, 0.25) is 0 Å². The number of rotatable bonds is 2. The lowest BCUT2D eigenvalue weighted by Crippen LogP contribution is -2.09. The minimum atomic E-state index is 0.250. The molecule has 0 heterocycles. The average molecular weight is 149 g/mol. The van der Waals surface area contributed by atoms with Gasteiger partial charge in [-0.15, -0.1) is 0 Å². The molecule has 0 aromatic heterocycles. The fourth-order valence-electron chi connectivity index (χ4n) is 0.250. The van der Waals surface area contributed by atoms with Crippen molar-refractivity contribution in [1.82, 2.24) is 5.32 Å². The van der Waals surface area contributed by atoms with Gasteiger partial charge in [-0.2, -0.15) is 9.59 Å². The molecule has 0 amide bonds. The maximum atomic E-state index is 8.12. The van der Waals surface area contributed by atoms with Crippen LogP contribution in [0, 0.1) is 0 Å². The molecular weight excluding hydrogens is 134 g/mol. The maximum absolute atomic E-state index is 8.12. The second-order valence-electron chi connectivity index (χ2n) is 1.04. The van der Waals surface area contributed by atoms with E-state index < -0.39 is 0 Å². The normalized spacial score (nSPS) is 5.60. The van der Waals surface area contributed by atoms with Crippen LogP contribution in [0.5, 0.6) is 0 Å². The van der Waals surface area contributed by atoms with Crippen LogP contribution >= 0.6 is 0 Å². The van der Waals surface area contributed by atoms with Gasteiger partial charge < -0.3 is 10.4 Å². The van der Waals surface area contributed by atoms with E-state index in [9.17, 15) is 0 Å². The van der Waals surface area contributed by atoms with Crippen LogP contribution in [-0.2, 0) is 9.59 Å². The topological polar surface area (TPSA) is 66.4 Å². The number of hydrogen-bond acceptors (Lipinski definition) is 4. The fraction of sp³-hybridized carbons (Fsp3) is 0.833. The molecule has 4 heteroatoms. The van der Waals surface area contributed by atoms with Crippen LogP contribution in [0.25, 0.3) is 0 Å². The summed E-state index contributed by atoms with van der Waals surface area (Å²) in [5, 5.41) is 10.1. The zero-order valence-corrected chi connectivity index (χ0v) is 6.68. The molecule has 0 atom stereocenters. The van der Waals surface area contributed by atoms with Crippen LogP contribution < -0.4 is 5.32 Å². The summed E-state index contributed by atoms with van der Waals surface area (Å²) in [6, 6.07) is 0. The zero-order valence-electron chi connectivity index (χ0n) is 6.68. The molecule has 0 aliphatic carbocycles. The van der Waals surface area contributed by atoms with Gasteiger partial charge in [-0.25, -0.2) is 0 Å². The highest BCUT2D eigenvalue weighted by Gasteiger charge is 1.62. The van der Waals surface area contributed by atoms with Crippen molar-refractivity contribution in [2.24, 2.45) is 0 Å². The van der Waals surface area contributed by atoms with Crippen molar-refractivity contribution in [2.45, 2.75) is 13.8 Å². The summed E-state index contributed by atoms with van der Waals surface area (Å²) in [4.78, 5) is 16.2. The third-order valence-corrected chi connectivity index (χ3v) is 0.500. The first kappa shape index (κ1) is 16.1. The molecule has 0 bridgehead atoms. The summed E-state index contributed by atoms with van der Waals surface area (Å²) in [5.41, 5.74) is 0. The van der Waals surface area contributed by atoms with Gasteiger partial charge in [-0.05, 0) is 13.1 Å². The molecule has 0 radical (unpaired) electrons. The summed E-state index contributed by atoms with van der Waals surface area (Å²) in [5.74, 6) is 0. The van der Waals surface area contributed by atoms with Crippen molar-refractivity contribution in [2.75, 3.05) is 20.2 Å². The van der Waals surface area contributed by atoms with E-state index in [1.165, 1.54) is 0 Å². The quantitative estimate of drug-likeness (QED) is 0.562. The second kappa shape index (κ2) is 40.6. The molecule has 0 aliphatic heterocycles. The Bertz CT molecular complexity index is 58.0. The Kier molecular flexibility index (Phi) is 65.6. The summed E-state index contributed by atoms with van der Waals surface area (Å²) in [6.07, 6.45) is 0.250. The monoisotopic (exact) mass is 149 g/mol. The van der Waals surface area contributed by atoms with Gasteiger partial charge in [-0.1, -0.05) is 13.8 Å². The van der Waals surface area contributed by atoms with E-state index in [0.717, 1.165) is 20.2 Å². The number of aliphatic hydroxyl groups excluding tert-OH is 1. The molecule has 0 saturated heterocycles. The fourth-order valence-corrected chi connectivity index (χ4v) is 0.250. The highest BCUT2D eigenvalue weighted by molar-refractivity contribution is 5.20. The van der Waals surface area contributed by atoms with Crippen molar-refractivity contribution in [3.05, 3.63) is 0 Å². The zero-order chi connectivity index (χ0) is 8.83. The summed E-state index contributed by atoms with van der Waals surface area (Å²) >= 11 is 0. The predicted molar refractivity (Wildman–Crippen MR) is 37.4 cm³/mol.